The zero-order valence-corrected chi connectivity index (χ0v) is 20.0. The number of esters is 1. The highest BCUT2D eigenvalue weighted by Gasteiger charge is 2.17. The molecule has 0 bridgehead atoms. The number of anilines is 3. The van der Waals surface area contributed by atoms with E-state index in [1.54, 1.807) is 26.0 Å². The number of thiazole rings is 1. The van der Waals surface area contributed by atoms with Crippen LogP contribution in [0.3, 0.4) is 0 Å². The minimum atomic E-state index is -3.74. The van der Waals surface area contributed by atoms with Crippen LogP contribution in [0.2, 0.25) is 0 Å². The molecule has 0 aliphatic heterocycles. The predicted molar refractivity (Wildman–Crippen MR) is 133 cm³/mol. The van der Waals surface area contributed by atoms with Crippen LogP contribution in [0.1, 0.15) is 29.3 Å². The number of aromatic nitrogens is 3. The van der Waals surface area contributed by atoms with Crippen LogP contribution in [0.15, 0.2) is 53.4 Å². The summed E-state index contributed by atoms with van der Waals surface area (Å²) in [5, 5.41) is 12.8. The molecule has 0 aliphatic rings. The molecule has 12 heteroatoms. The number of ether oxygens (including phenoxy) is 1. The summed E-state index contributed by atoms with van der Waals surface area (Å²) in [6.07, 6.45) is 0. The molecule has 0 spiro atoms. The molecule has 0 atom stereocenters. The van der Waals surface area contributed by atoms with Crippen molar-refractivity contribution in [3.05, 3.63) is 64.7 Å². The number of para-hydroxylation sites is 1. The SMILES string of the molecule is CCOC(=O)c1sc(Nc2nc(NCc3ccc(S(N)(=O)=O)cc3)c3ccccc3n2)nc1C.[HH]. The first kappa shape index (κ1) is 23.5. The van der Waals surface area contributed by atoms with Crippen molar-refractivity contribution in [2.24, 2.45) is 5.14 Å². The van der Waals surface area contributed by atoms with Gasteiger partial charge >= 0.3 is 5.97 Å². The van der Waals surface area contributed by atoms with E-state index in [2.05, 4.69) is 25.6 Å². The fraction of sp³-hybridized carbons (Fsp3) is 0.182. The van der Waals surface area contributed by atoms with E-state index < -0.39 is 16.0 Å². The Morgan fingerprint density at radius 3 is 2.56 bits per heavy atom. The van der Waals surface area contributed by atoms with Gasteiger partial charge < -0.3 is 10.1 Å². The van der Waals surface area contributed by atoms with E-state index >= 15 is 0 Å². The Morgan fingerprint density at radius 2 is 1.85 bits per heavy atom. The molecule has 0 saturated carbocycles. The molecule has 10 nitrogen and oxygen atoms in total. The number of primary sulfonamides is 1. The number of carbonyl (C=O) groups is 1. The van der Waals surface area contributed by atoms with Gasteiger partial charge in [0.05, 0.1) is 22.7 Å². The van der Waals surface area contributed by atoms with Crippen molar-refractivity contribution in [3.63, 3.8) is 0 Å². The van der Waals surface area contributed by atoms with Gasteiger partial charge in [0, 0.05) is 13.4 Å². The topological polar surface area (TPSA) is 149 Å². The van der Waals surface area contributed by atoms with Gasteiger partial charge in [0.2, 0.25) is 16.0 Å². The van der Waals surface area contributed by atoms with Gasteiger partial charge in [-0.15, -0.1) is 0 Å². The van der Waals surface area contributed by atoms with Crippen LogP contribution in [-0.4, -0.2) is 35.9 Å². The number of nitrogens with two attached hydrogens (primary N) is 1. The molecule has 4 N–H and O–H groups in total. The zero-order chi connectivity index (χ0) is 24.3. The van der Waals surface area contributed by atoms with Crippen LogP contribution in [-0.2, 0) is 21.3 Å². The molecule has 0 fully saturated rings. The van der Waals surface area contributed by atoms with Crippen molar-refractivity contribution in [2.75, 3.05) is 17.2 Å². The largest absolute Gasteiger partial charge is 0.462 e. The average Bonchev–Trinajstić information content (AvgIpc) is 3.17. The monoisotopic (exact) mass is 500 g/mol. The maximum Gasteiger partial charge on any atom is 0.350 e. The van der Waals surface area contributed by atoms with Gasteiger partial charge in [-0.3, -0.25) is 5.32 Å². The number of benzene rings is 2. The second-order valence-corrected chi connectivity index (χ2v) is 9.79. The summed E-state index contributed by atoms with van der Waals surface area (Å²) in [6, 6.07) is 13.8. The Kier molecular flexibility index (Phi) is 6.72. The lowest BCUT2D eigenvalue weighted by atomic mass is 10.2. The van der Waals surface area contributed by atoms with Crippen LogP contribution in [0.4, 0.5) is 16.9 Å². The van der Waals surface area contributed by atoms with Crippen molar-refractivity contribution in [1.29, 1.82) is 0 Å². The highest BCUT2D eigenvalue weighted by Crippen LogP contribution is 2.28. The number of hydrogen-bond acceptors (Lipinski definition) is 10. The lowest BCUT2D eigenvalue weighted by Crippen LogP contribution is -2.12. The smallest absolute Gasteiger partial charge is 0.350 e. The lowest BCUT2D eigenvalue weighted by molar-refractivity contribution is 0.0531. The summed E-state index contributed by atoms with van der Waals surface area (Å²) in [5.74, 6) is 0.484. The van der Waals surface area contributed by atoms with E-state index in [0.29, 0.717) is 39.5 Å². The molecule has 2 aromatic heterocycles. The Balaban J connectivity index is 0.00000342. The van der Waals surface area contributed by atoms with Gasteiger partial charge in [-0.05, 0) is 43.7 Å². The number of sulfonamides is 1. The predicted octanol–water partition coefficient (Wildman–Crippen LogP) is 3.82. The second kappa shape index (κ2) is 9.71. The van der Waals surface area contributed by atoms with Crippen LogP contribution < -0.4 is 15.8 Å². The van der Waals surface area contributed by atoms with E-state index in [9.17, 15) is 13.2 Å². The number of rotatable bonds is 8. The molecule has 34 heavy (non-hydrogen) atoms. The van der Waals surface area contributed by atoms with Crippen molar-refractivity contribution in [3.8, 4) is 0 Å². The molecule has 178 valence electrons. The normalized spacial score (nSPS) is 11.4. The molecule has 0 radical (unpaired) electrons. The number of hydrogen-bond donors (Lipinski definition) is 3. The van der Waals surface area contributed by atoms with Crippen LogP contribution >= 0.6 is 11.3 Å². The standard InChI is InChI=1S/C22H22N6O4S2.H2/c1-3-32-20(29)18-13(2)25-22(33-18)28-21-26-17-7-5-4-6-16(17)19(27-21)24-12-14-8-10-15(11-9-14)34(23,30)31;/h4-11H,3,12H2,1-2H3,(H2,23,30,31)(H2,24,25,26,27,28);1H. The van der Waals surface area contributed by atoms with Gasteiger partial charge in [-0.1, -0.05) is 35.6 Å². The summed E-state index contributed by atoms with van der Waals surface area (Å²) < 4.78 is 28.0. The van der Waals surface area contributed by atoms with E-state index in [1.165, 1.54) is 23.5 Å². The minimum Gasteiger partial charge on any atom is -0.462 e. The third-order valence-corrected chi connectivity index (χ3v) is 6.77. The number of aryl methyl sites for hydroxylation is 1. The quantitative estimate of drug-likeness (QED) is 0.307. The maximum absolute atomic E-state index is 12.1. The number of nitrogens with zero attached hydrogens (tertiary/aromatic N) is 3. The number of fused-ring (bicyclic) bond motifs is 1. The Bertz CT molecular complexity index is 1460. The molecule has 2 aromatic carbocycles. The van der Waals surface area contributed by atoms with Crippen molar-refractivity contribution in [2.45, 2.75) is 25.3 Å². The number of nitrogens with one attached hydrogen (secondary N) is 2. The van der Waals surface area contributed by atoms with Crippen LogP contribution in [0.5, 0.6) is 0 Å². The molecular formula is C22H24N6O4S2. The molecule has 0 unspecified atom stereocenters. The Hall–Kier alpha value is -3.61. The second-order valence-electron chi connectivity index (χ2n) is 7.23. The van der Waals surface area contributed by atoms with E-state index in [1.807, 2.05) is 24.3 Å². The fourth-order valence-corrected chi connectivity index (χ4v) is 4.55. The van der Waals surface area contributed by atoms with Gasteiger partial charge in [0.25, 0.3) is 0 Å². The van der Waals surface area contributed by atoms with Crippen molar-refractivity contribution >= 4 is 55.1 Å². The minimum absolute atomic E-state index is 0. The van der Waals surface area contributed by atoms with Gasteiger partial charge in [0.1, 0.15) is 10.7 Å². The highest BCUT2D eigenvalue weighted by atomic mass is 32.2. The molecular weight excluding hydrogens is 476 g/mol. The Morgan fingerprint density at radius 1 is 1.12 bits per heavy atom. The van der Waals surface area contributed by atoms with E-state index in [4.69, 9.17) is 9.88 Å². The third kappa shape index (κ3) is 5.30. The van der Waals surface area contributed by atoms with Crippen LogP contribution in [0, 0.1) is 6.92 Å². The van der Waals surface area contributed by atoms with Gasteiger partial charge in [-0.25, -0.2) is 28.3 Å². The van der Waals surface area contributed by atoms with Crippen molar-refractivity contribution in [1.82, 2.24) is 15.0 Å². The summed E-state index contributed by atoms with van der Waals surface area (Å²) in [7, 11) is -3.74. The first-order valence-corrected chi connectivity index (χ1v) is 12.6. The summed E-state index contributed by atoms with van der Waals surface area (Å²) >= 11 is 1.17. The summed E-state index contributed by atoms with van der Waals surface area (Å²) in [5.41, 5.74) is 2.12. The number of carbonyl (C=O) groups excluding carboxylic acids is 1. The van der Waals surface area contributed by atoms with E-state index in [-0.39, 0.29) is 12.9 Å². The van der Waals surface area contributed by atoms with Gasteiger partial charge in [0.15, 0.2) is 5.13 Å². The van der Waals surface area contributed by atoms with Gasteiger partial charge in [-0.2, -0.15) is 4.98 Å². The molecule has 4 aromatic rings. The van der Waals surface area contributed by atoms with Crippen molar-refractivity contribution < 1.29 is 19.4 Å². The lowest BCUT2D eigenvalue weighted by Gasteiger charge is -2.11. The first-order valence-electron chi connectivity index (χ1n) is 10.3. The van der Waals surface area contributed by atoms with E-state index in [0.717, 1.165) is 10.9 Å². The summed E-state index contributed by atoms with van der Waals surface area (Å²) in [6.45, 7) is 4.17. The molecule has 0 amide bonds. The molecule has 0 saturated heterocycles. The first-order chi connectivity index (χ1) is 16.2. The third-order valence-electron chi connectivity index (χ3n) is 4.79. The average molecular weight is 501 g/mol. The maximum atomic E-state index is 12.1. The fourth-order valence-electron chi connectivity index (χ4n) is 3.18. The summed E-state index contributed by atoms with van der Waals surface area (Å²) in [4.78, 5) is 26.1. The molecule has 0 aliphatic carbocycles. The molecule has 4 rings (SSSR count). The zero-order valence-electron chi connectivity index (χ0n) is 18.4. The highest BCUT2D eigenvalue weighted by molar-refractivity contribution is 7.89. The molecule has 2 heterocycles. The van der Waals surface area contributed by atoms with Crippen LogP contribution in [0.25, 0.3) is 10.9 Å². The Labute approximate surface area is 201 Å².